The molecule has 7 heteroatoms. The molecule has 0 saturated heterocycles. The lowest BCUT2D eigenvalue weighted by Crippen LogP contribution is -2.42. The minimum atomic E-state index is -3.61. The molecule has 0 aliphatic rings. The summed E-state index contributed by atoms with van der Waals surface area (Å²) in [7, 11) is -0.936. The molecule has 0 N–H and O–H groups in total. The van der Waals surface area contributed by atoms with Crippen molar-refractivity contribution in [2.24, 2.45) is 0 Å². The molecule has 0 bridgehead atoms. The Morgan fingerprint density at radius 1 is 1.28 bits per heavy atom. The van der Waals surface area contributed by atoms with Crippen molar-refractivity contribution in [3.8, 4) is 0 Å². The van der Waals surface area contributed by atoms with Crippen LogP contribution in [0.4, 0.5) is 0 Å². The number of carbonyl (C=O) groups is 1. The summed E-state index contributed by atoms with van der Waals surface area (Å²) < 4.78 is 31.0. The zero-order valence-corrected chi connectivity index (χ0v) is 11.6. The molecule has 0 atom stereocenters. The molecule has 0 aliphatic heterocycles. The highest BCUT2D eigenvalue weighted by molar-refractivity contribution is 7.86. The molecule has 0 radical (unpaired) electrons. The molecule has 0 aromatic carbocycles. The van der Waals surface area contributed by atoms with E-state index in [9.17, 15) is 13.2 Å². The fourth-order valence-electron chi connectivity index (χ4n) is 1.21. The first kappa shape index (κ1) is 16.8. The first-order valence-electron chi connectivity index (χ1n) is 5.40. The second kappa shape index (κ2) is 8.02. The minimum Gasteiger partial charge on any atom is -0.469 e. The van der Waals surface area contributed by atoms with Gasteiger partial charge in [0, 0.05) is 26.7 Å². The van der Waals surface area contributed by atoms with E-state index >= 15 is 0 Å². The smallest absolute Gasteiger partial charge is 0.306 e. The van der Waals surface area contributed by atoms with Crippen molar-refractivity contribution in [2.45, 2.75) is 6.42 Å². The maximum atomic E-state index is 12.1. The van der Waals surface area contributed by atoms with Gasteiger partial charge in [0.1, 0.15) is 0 Å². The monoisotopic (exact) mass is 276 g/mol. The van der Waals surface area contributed by atoms with Crippen LogP contribution in [-0.4, -0.2) is 56.8 Å². The van der Waals surface area contributed by atoms with E-state index in [1.165, 1.54) is 30.6 Å². The largest absolute Gasteiger partial charge is 0.469 e. The first-order valence-corrected chi connectivity index (χ1v) is 6.79. The first-order chi connectivity index (χ1) is 8.39. The fraction of sp³-hybridized carbons (Fsp3) is 0.545. The summed E-state index contributed by atoms with van der Waals surface area (Å²) in [5, 5.41) is 0. The highest BCUT2D eigenvalue weighted by Crippen LogP contribution is 2.07. The molecular formula is C11H20N2O4S. The highest BCUT2D eigenvalue weighted by Gasteiger charge is 2.25. The predicted octanol–water partition coefficient (Wildman–Crippen LogP) is 0.400. The van der Waals surface area contributed by atoms with Crippen LogP contribution in [0.25, 0.3) is 0 Å². The summed E-state index contributed by atoms with van der Waals surface area (Å²) in [6.45, 7) is 7.47. The van der Waals surface area contributed by atoms with E-state index in [2.05, 4.69) is 17.9 Å². The number of carbonyl (C=O) groups excluding carboxylic acids is 1. The van der Waals surface area contributed by atoms with Gasteiger partial charge in [0.05, 0.1) is 13.5 Å². The number of esters is 1. The Bertz CT molecular complexity index is 382. The molecule has 0 spiro atoms. The van der Waals surface area contributed by atoms with Crippen LogP contribution in [0.15, 0.2) is 25.3 Å². The van der Waals surface area contributed by atoms with Crippen molar-refractivity contribution in [2.75, 3.05) is 33.8 Å². The number of rotatable bonds is 9. The van der Waals surface area contributed by atoms with Crippen LogP contribution in [0.3, 0.4) is 0 Å². The van der Waals surface area contributed by atoms with Crippen molar-refractivity contribution in [1.29, 1.82) is 0 Å². The van der Waals surface area contributed by atoms with Gasteiger partial charge in [-0.15, -0.1) is 13.2 Å². The zero-order valence-electron chi connectivity index (χ0n) is 10.8. The lowest BCUT2D eigenvalue weighted by atomic mass is 10.4. The van der Waals surface area contributed by atoms with E-state index in [4.69, 9.17) is 0 Å². The molecule has 0 heterocycles. The molecule has 0 aliphatic carbocycles. The van der Waals surface area contributed by atoms with Crippen molar-refractivity contribution in [1.82, 2.24) is 8.61 Å². The number of nitrogens with zero attached hydrogens (tertiary/aromatic N) is 2. The third-order valence-corrected chi connectivity index (χ3v) is 4.17. The molecule has 0 aromatic heterocycles. The van der Waals surface area contributed by atoms with Crippen molar-refractivity contribution in [3.05, 3.63) is 25.3 Å². The standard InChI is InChI=1S/C11H20N2O4S/c1-5-8-13(9-6-2)18(15,16)12(3)10-7-11(14)17-4/h5-6H,1-2,7-10H2,3-4H3. The van der Waals surface area contributed by atoms with Gasteiger partial charge in [0.15, 0.2) is 0 Å². The van der Waals surface area contributed by atoms with Gasteiger partial charge in [0.2, 0.25) is 0 Å². The number of hydrogen-bond acceptors (Lipinski definition) is 4. The van der Waals surface area contributed by atoms with Crippen LogP contribution >= 0.6 is 0 Å². The molecule has 0 unspecified atom stereocenters. The zero-order chi connectivity index (χ0) is 14.2. The van der Waals surface area contributed by atoms with Crippen LogP contribution in [0.2, 0.25) is 0 Å². The Morgan fingerprint density at radius 3 is 2.17 bits per heavy atom. The van der Waals surface area contributed by atoms with E-state index in [1.54, 1.807) is 0 Å². The molecular weight excluding hydrogens is 256 g/mol. The average molecular weight is 276 g/mol. The normalized spacial score (nSPS) is 11.6. The Hall–Kier alpha value is -1.18. The van der Waals surface area contributed by atoms with Gasteiger partial charge >= 0.3 is 5.97 Å². The third-order valence-electron chi connectivity index (χ3n) is 2.24. The van der Waals surface area contributed by atoms with E-state index in [-0.39, 0.29) is 26.1 Å². The van der Waals surface area contributed by atoms with Gasteiger partial charge in [0.25, 0.3) is 10.2 Å². The number of hydrogen-bond donors (Lipinski definition) is 0. The summed E-state index contributed by atoms with van der Waals surface area (Å²) in [4.78, 5) is 11.0. The topological polar surface area (TPSA) is 66.9 Å². The van der Waals surface area contributed by atoms with Gasteiger partial charge in [-0.3, -0.25) is 4.79 Å². The number of ether oxygens (including phenoxy) is 1. The van der Waals surface area contributed by atoms with Crippen molar-refractivity contribution >= 4 is 16.2 Å². The van der Waals surface area contributed by atoms with Gasteiger partial charge in [-0.25, -0.2) is 0 Å². The summed E-state index contributed by atoms with van der Waals surface area (Å²) in [6.07, 6.45) is 3.01. The summed E-state index contributed by atoms with van der Waals surface area (Å²) >= 11 is 0. The van der Waals surface area contributed by atoms with E-state index in [1.807, 2.05) is 0 Å². The van der Waals surface area contributed by atoms with Gasteiger partial charge in [-0.1, -0.05) is 12.2 Å². The van der Waals surface area contributed by atoms with Crippen LogP contribution in [0.1, 0.15) is 6.42 Å². The van der Waals surface area contributed by atoms with Gasteiger partial charge < -0.3 is 4.74 Å². The molecule has 0 saturated carbocycles. The Balaban J connectivity index is 4.70. The summed E-state index contributed by atoms with van der Waals surface area (Å²) in [5.74, 6) is -0.448. The molecule has 0 aromatic rings. The second-order valence-corrected chi connectivity index (χ2v) is 5.59. The second-order valence-electron chi connectivity index (χ2n) is 3.55. The van der Waals surface area contributed by atoms with Crippen molar-refractivity contribution in [3.63, 3.8) is 0 Å². The Kier molecular flexibility index (Phi) is 7.49. The lowest BCUT2D eigenvalue weighted by Gasteiger charge is -2.25. The molecule has 0 fully saturated rings. The van der Waals surface area contributed by atoms with Gasteiger partial charge in [-0.2, -0.15) is 17.0 Å². The van der Waals surface area contributed by atoms with Gasteiger partial charge in [-0.05, 0) is 0 Å². The fourth-order valence-corrected chi connectivity index (χ4v) is 2.52. The Morgan fingerprint density at radius 2 is 1.78 bits per heavy atom. The van der Waals surface area contributed by atoms with Crippen LogP contribution in [0.5, 0.6) is 0 Å². The van der Waals surface area contributed by atoms with Crippen molar-refractivity contribution < 1.29 is 17.9 Å². The highest BCUT2D eigenvalue weighted by atomic mass is 32.2. The van der Waals surface area contributed by atoms with E-state index < -0.39 is 16.2 Å². The molecule has 6 nitrogen and oxygen atoms in total. The third kappa shape index (κ3) is 4.99. The molecule has 0 amide bonds. The maximum absolute atomic E-state index is 12.1. The van der Waals surface area contributed by atoms with E-state index in [0.717, 1.165) is 4.31 Å². The molecule has 18 heavy (non-hydrogen) atoms. The lowest BCUT2D eigenvalue weighted by molar-refractivity contribution is -0.140. The summed E-state index contributed by atoms with van der Waals surface area (Å²) in [5.41, 5.74) is 0. The SMILES string of the molecule is C=CCN(CC=C)S(=O)(=O)N(C)CCC(=O)OC. The Labute approximate surface area is 109 Å². The molecule has 104 valence electrons. The predicted molar refractivity (Wildman–Crippen MR) is 70.1 cm³/mol. The quantitative estimate of drug-likeness (QED) is 0.451. The minimum absolute atomic E-state index is 0.0161. The van der Waals surface area contributed by atoms with E-state index in [0.29, 0.717) is 0 Å². The van der Waals surface area contributed by atoms with Crippen LogP contribution in [-0.2, 0) is 19.7 Å². The molecule has 0 rings (SSSR count). The summed E-state index contributed by atoms with van der Waals surface area (Å²) in [6, 6.07) is 0. The van der Waals surface area contributed by atoms with Crippen LogP contribution < -0.4 is 0 Å². The average Bonchev–Trinajstić information content (AvgIpc) is 2.34. The maximum Gasteiger partial charge on any atom is 0.306 e. The van der Waals surface area contributed by atoms with Crippen LogP contribution in [0, 0.1) is 0 Å². The number of methoxy groups -OCH3 is 1.